The van der Waals surface area contributed by atoms with Gasteiger partial charge in [-0.3, -0.25) is 9.97 Å². The van der Waals surface area contributed by atoms with Crippen molar-refractivity contribution in [2.45, 2.75) is 6.04 Å². The number of aromatic amines is 1. The summed E-state index contributed by atoms with van der Waals surface area (Å²) in [6.45, 7) is 0. The SMILES string of the molecule is CN(C)c1cncc(-c2ccc3c(c2)[C@@H](c2nc4c(-c5ccc(F)cc5)cncc4[nH]2)NN3)c1. The van der Waals surface area contributed by atoms with Crippen LogP contribution < -0.4 is 15.8 Å². The van der Waals surface area contributed by atoms with E-state index in [4.69, 9.17) is 4.98 Å². The fraction of sp³-hybridized carbons (Fsp3) is 0.115. The lowest BCUT2D eigenvalue weighted by Crippen LogP contribution is -2.20. The Bertz CT molecular complexity index is 1510. The average molecular weight is 452 g/mol. The van der Waals surface area contributed by atoms with Crippen LogP contribution in [0.4, 0.5) is 15.8 Å². The van der Waals surface area contributed by atoms with Crippen LogP contribution in [0.15, 0.2) is 73.3 Å². The number of hydrazine groups is 1. The summed E-state index contributed by atoms with van der Waals surface area (Å²) in [6.07, 6.45) is 7.25. The molecule has 34 heavy (non-hydrogen) atoms. The Hall–Kier alpha value is -4.30. The predicted molar refractivity (Wildman–Crippen MR) is 132 cm³/mol. The first-order valence-electron chi connectivity index (χ1n) is 10.9. The lowest BCUT2D eigenvalue weighted by molar-refractivity contribution is 0.628. The summed E-state index contributed by atoms with van der Waals surface area (Å²) in [4.78, 5) is 19.1. The summed E-state index contributed by atoms with van der Waals surface area (Å²) in [5.41, 5.74) is 15.2. The molecule has 3 N–H and O–H groups in total. The zero-order chi connectivity index (χ0) is 23.2. The third-order valence-corrected chi connectivity index (χ3v) is 6.13. The van der Waals surface area contributed by atoms with Crippen LogP contribution in [0.5, 0.6) is 0 Å². The number of halogens is 1. The third kappa shape index (κ3) is 3.45. The number of rotatable bonds is 4. The summed E-state index contributed by atoms with van der Waals surface area (Å²) >= 11 is 0. The molecule has 4 heterocycles. The number of pyridine rings is 2. The van der Waals surface area contributed by atoms with Crippen LogP contribution in [0, 0.1) is 5.82 Å². The molecule has 0 bridgehead atoms. The molecular weight excluding hydrogens is 429 g/mol. The summed E-state index contributed by atoms with van der Waals surface area (Å²) in [5.74, 6) is 0.501. The topological polar surface area (TPSA) is 81.8 Å². The summed E-state index contributed by atoms with van der Waals surface area (Å²) in [7, 11) is 4.01. The second-order valence-corrected chi connectivity index (χ2v) is 8.54. The van der Waals surface area contributed by atoms with Crippen LogP contribution >= 0.6 is 0 Å². The van der Waals surface area contributed by atoms with E-state index in [1.54, 1.807) is 24.5 Å². The summed E-state index contributed by atoms with van der Waals surface area (Å²) in [6, 6.07) is 14.6. The van der Waals surface area contributed by atoms with Gasteiger partial charge in [0.2, 0.25) is 0 Å². The molecule has 168 valence electrons. The van der Waals surface area contributed by atoms with E-state index in [0.717, 1.165) is 56.0 Å². The van der Waals surface area contributed by atoms with Gasteiger partial charge in [0.1, 0.15) is 17.7 Å². The Morgan fingerprint density at radius 1 is 0.853 bits per heavy atom. The molecule has 0 fully saturated rings. The lowest BCUT2D eigenvalue weighted by Gasteiger charge is -2.14. The Labute approximate surface area is 195 Å². The van der Waals surface area contributed by atoms with Gasteiger partial charge in [-0.1, -0.05) is 18.2 Å². The minimum atomic E-state index is -0.272. The quantitative estimate of drug-likeness (QED) is 0.360. The fourth-order valence-corrected chi connectivity index (χ4v) is 4.30. The smallest absolute Gasteiger partial charge is 0.130 e. The van der Waals surface area contributed by atoms with Crippen molar-refractivity contribution in [3.8, 4) is 22.3 Å². The van der Waals surface area contributed by atoms with Crippen molar-refractivity contribution in [3.63, 3.8) is 0 Å². The Kier molecular flexibility index (Phi) is 4.74. The lowest BCUT2D eigenvalue weighted by atomic mass is 9.99. The van der Waals surface area contributed by atoms with Crippen LogP contribution in [-0.2, 0) is 0 Å². The highest BCUT2D eigenvalue weighted by atomic mass is 19.1. The number of benzene rings is 2. The Balaban J connectivity index is 1.40. The molecule has 1 aliphatic rings. The number of anilines is 2. The van der Waals surface area contributed by atoms with Gasteiger partial charge in [-0.2, -0.15) is 0 Å². The van der Waals surface area contributed by atoms with E-state index in [2.05, 4.69) is 50.1 Å². The molecule has 1 aliphatic heterocycles. The van der Waals surface area contributed by atoms with Crippen molar-refractivity contribution < 1.29 is 4.39 Å². The molecule has 7 nitrogen and oxygen atoms in total. The highest BCUT2D eigenvalue weighted by Crippen LogP contribution is 2.37. The number of aromatic nitrogens is 4. The molecule has 0 radical (unpaired) electrons. The van der Waals surface area contributed by atoms with Crippen molar-refractivity contribution in [3.05, 3.63) is 90.5 Å². The molecule has 0 aliphatic carbocycles. The number of nitrogens with zero attached hydrogens (tertiary/aromatic N) is 4. The summed E-state index contributed by atoms with van der Waals surface area (Å²) < 4.78 is 13.4. The van der Waals surface area contributed by atoms with Crippen molar-refractivity contribution in [1.29, 1.82) is 0 Å². The van der Waals surface area contributed by atoms with Crippen molar-refractivity contribution >= 4 is 22.4 Å². The van der Waals surface area contributed by atoms with Gasteiger partial charge in [-0.25, -0.2) is 14.8 Å². The van der Waals surface area contributed by atoms with Crippen molar-refractivity contribution in [2.75, 3.05) is 24.4 Å². The maximum absolute atomic E-state index is 13.4. The molecule has 0 spiro atoms. The predicted octanol–water partition coefficient (Wildman–Crippen LogP) is 4.91. The Morgan fingerprint density at radius 2 is 1.65 bits per heavy atom. The van der Waals surface area contributed by atoms with Crippen LogP contribution in [0.1, 0.15) is 17.4 Å². The van der Waals surface area contributed by atoms with E-state index in [9.17, 15) is 4.39 Å². The molecule has 0 saturated heterocycles. The summed E-state index contributed by atoms with van der Waals surface area (Å²) in [5, 5.41) is 0. The fourth-order valence-electron chi connectivity index (χ4n) is 4.30. The molecule has 6 rings (SSSR count). The van der Waals surface area contributed by atoms with Crippen molar-refractivity contribution in [2.24, 2.45) is 0 Å². The van der Waals surface area contributed by atoms with Gasteiger partial charge in [-0.05, 0) is 41.5 Å². The number of fused-ring (bicyclic) bond motifs is 2. The first-order chi connectivity index (χ1) is 16.6. The van der Waals surface area contributed by atoms with E-state index in [-0.39, 0.29) is 11.9 Å². The zero-order valence-electron chi connectivity index (χ0n) is 18.7. The first kappa shape index (κ1) is 20.3. The number of nitrogens with one attached hydrogen (secondary N) is 3. The number of hydrogen-bond acceptors (Lipinski definition) is 6. The number of H-pyrrole nitrogens is 1. The molecule has 3 aromatic heterocycles. The van der Waals surface area contributed by atoms with Crippen molar-refractivity contribution in [1.82, 2.24) is 25.4 Å². The highest BCUT2D eigenvalue weighted by molar-refractivity contribution is 5.91. The standard InChI is InChI=1S/C26H22FN7/c1-34(2)19-9-17(11-28-12-19)16-5-8-22-20(10-16)25(33-32-22)26-30-23-14-29-13-21(24(23)31-26)15-3-6-18(27)7-4-15/h3-14,25,32-33H,1-2H3,(H,30,31)/t25-/m0/s1. The molecular formula is C26H22FN7. The van der Waals surface area contributed by atoms with E-state index in [1.807, 2.05) is 31.4 Å². The van der Waals surface area contributed by atoms with E-state index in [1.165, 1.54) is 12.1 Å². The molecule has 1 atom stereocenters. The second-order valence-electron chi connectivity index (χ2n) is 8.54. The third-order valence-electron chi connectivity index (χ3n) is 6.13. The molecule has 8 heteroatoms. The molecule has 5 aromatic rings. The van der Waals surface area contributed by atoms with Gasteiger partial charge in [0.15, 0.2) is 0 Å². The van der Waals surface area contributed by atoms with Gasteiger partial charge in [0.05, 0.1) is 34.8 Å². The normalized spacial score (nSPS) is 14.7. The monoisotopic (exact) mass is 451 g/mol. The van der Waals surface area contributed by atoms with Crippen LogP contribution in [-0.4, -0.2) is 34.0 Å². The average Bonchev–Trinajstić information content (AvgIpc) is 3.48. The largest absolute Gasteiger partial charge is 0.376 e. The van der Waals surface area contributed by atoms with Crippen LogP contribution in [0.2, 0.25) is 0 Å². The van der Waals surface area contributed by atoms with Gasteiger partial charge in [0, 0.05) is 43.2 Å². The van der Waals surface area contributed by atoms with E-state index >= 15 is 0 Å². The minimum Gasteiger partial charge on any atom is -0.376 e. The molecule has 0 amide bonds. The minimum absolute atomic E-state index is 0.173. The maximum Gasteiger partial charge on any atom is 0.130 e. The number of hydrogen-bond donors (Lipinski definition) is 3. The zero-order valence-corrected chi connectivity index (χ0v) is 18.7. The highest BCUT2D eigenvalue weighted by Gasteiger charge is 2.27. The van der Waals surface area contributed by atoms with Crippen LogP contribution in [0.3, 0.4) is 0 Å². The number of imidazole rings is 1. The van der Waals surface area contributed by atoms with Crippen LogP contribution in [0.25, 0.3) is 33.3 Å². The molecule has 0 unspecified atom stereocenters. The maximum atomic E-state index is 13.4. The van der Waals surface area contributed by atoms with E-state index < -0.39 is 0 Å². The van der Waals surface area contributed by atoms with Gasteiger partial charge < -0.3 is 15.3 Å². The van der Waals surface area contributed by atoms with Gasteiger partial charge in [-0.15, -0.1) is 0 Å². The van der Waals surface area contributed by atoms with Gasteiger partial charge >= 0.3 is 0 Å². The molecule has 0 saturated carbocycles. The first-order valence-corrected chi connectivity index (χ1v) is 10.9. The van der Waals surface area contributed by atoms with Gasteiger partial charge in [0.25, 0.3) is 0 Å². The molecule has 2 aromatic carbocycles. The second kappa shape index (κ2) is 7.93. The van der Waals surface area contributed by atoms with E-state index in [0.29, 0.717) is 0 Å². The Morgan fingerprint density at radius 3 is 2.47 bits per heavy atom.